The van der Waals surface area contributed by atoms with Crippen LogP contribution in [0, 0.1) is 0 Å². The topological polar surface area (TPSA) is 151 Å². The van der Waals surface area contributed by atoms with Crippen LogP contribution in [0.25, 0.3) is 22.2 Å². The number of methoxy groups -OCH3 is 2. The van der Waals surface area contributed by atoms with Crippen LogP contribution in [0.1, 0.15) is 0 Å². The molecule has 4 aromatic rings. The Kier molecular flexibility index (Phi) is 8.10. The molecular weight excluding hydrogens is 597 g/mol. The molecule has 6 rings (SSSR count). The Morgan fingerprint density at radius 2 is 1.84 bits per heavy atom. The molecular formula is C28H29Cl2N9O4. The lowest BCUT2D eigenvalue weighted by Crippen LogP contribution is -2.45. The molecule has 4 N–H and O–H groups in total. The monoisotopic (exact) mass is 625 g/mol. The minimum atomic E-state index is -0.261. The van der Waals surface area contributed by atoms with Gasteiger partial charge < -0.3 is 35.1 Å². The van der Waals surface area contributed by atoms with Crippen LogP contribution >= 0.6 is 23.2 Å². The van der Waals surface area contributed by atoms with Crippen LogP contribution in [0.4, 0.5) is 17.5 Å². The van der Waals surface area contributed by atoms with Gasteiger partial charge in [-0.15, -0.1) is 0 Å². The van der Waals surface area contributed by atoms with Gasteiger partial charge in [-0.05, 0) is 12.1 Å². The lowest BCUT2D eigenvalue weighted by molar-refractivity contribution is -0.117. The zero-order valence-electron chi connectivity index (χ0n) is 23.4. The molecule has 0 bridgehead atoms. The summed E-state index contributed by atoms with van der Waals surface area (Å²) in [6, 6.07) is 3.05. The number of carbonyl (C=O) groups excluding carboxylic acids is 1. The average Bonchev–Trinajstić information content (AvgIpc) is 3.66. The molecule has 1 aromatic carbocycles. The quantitative estimate of drug-likeness (QED) is 0.192. The predicted octanol–water partition coefficient (Wildman–Crippen LogP) is 3.52. The van der Waals surface area contributed by atoms with Gasteiger partial charge in [-0.1, -0.05) is 29.8 Å². The number of amides is 1. The maximum Gasteiger partial charge on any atom is 0.243 e. The Labute approximate surface area is 256 Å². The molecule has 2 aliphatic heterocycles. The summed E-state index contributed by atoms with van der Waals surface area (Å²) in [7, 11) is 3.04. The smallest absolute Gasteiger partial charge is 0.243 e. The van der Waals surface area contributed by atoms with Crippen LogP contribution in [0.5, 0.6) is 11.5 Å². The van der Waals surface area contributed by atoms with Gasteiger partial charge in [0, 0.05) is 42.5 Å². The van der Waals surface area contributed by atoms with Crippen molar-refractivity contribution < 1.29 is 19.0 Å². The molecule has 2 fully saturated rings. The van der Waals surface area contributed by atoms with Crippen molar-refractivity contribution >= 4 is 57.5 Å². The van der Waals surface area contributed by atoms with Gasteiger partial charge in [0.15, 0.2) is 5.82 Å². The Morgan fingerprint density at radius 1 is 1.09 bits per heavy atom. The van der Waals surface area contributed by atoms with Crippen molar-refractivity contribution in [1.29, 1.82) is 0 Å². The van der Waals surface area contributed by atoms with Crippen molar-refractivity contribution in [2.24, 2.45) is 0 Å². The number of ether oxygens (including phenoxy) is 3. The van der Waals surface area contributed by atoms with Gasteiger partial charge in [-0.3, -0.25) is 9.89 Å². The van der Waals surface area contributed by atoms with E-state index in [-0.39, 0.29) is 24.0 Å². The molecule has 43 heavy (non-hydrogen) atoms. The normalized spacial score (nSPS) is 18.3. The molecule has 13 nitrogen and oxygen atoms in total. The van der Waals surface area contributed by atoms with Crippen molar-refractivity contribution in [1.82, 2.24) is 30.5 Å². The fraction of sp³-hybridized carbons (Fsp3) is 0.321. The highest BCUT2D eigenvalue weighted by atomic mass is 35.5. The van der Waals surface area contributed by atoms with Crippen LogP contribution in [-0.2, 0) is 9.53 Å². The standard InChI is InChI=1S/C28H29Cl2N9O4/c1-4-22(40)35-18-10-39(16-8-32-33-9-16)11-19(18)37-28-31-7-14-5-17(36-27(26(14)38-28)34-15-12-43-13-15)23-24(29)20(41-2)6-21(42-3)25(23)30/h4-9,15,18-19H,1,10-13H2,2-3H3,(H,32,33)(H,34,36)(H,35,40)(H,31,37,38)/t18-,19+/m0/s1. The lowest BCUT2D eigenvalue weighted by atomic mass is 10.1. The molecule has 15 heteroatoms. The molecule has 0 unspecified atom stereocenters. The second kappa shape index (κ2) is 12.1. The van der Waals surface area contributed by atoms with Gasteiger partial charge in [-0.2, -0.15) is 5.10 Å². The van der Waals surface area contributed by atoms with E-state index in [9.17, 15) is 4.79 Å². The number of hydrogen-bond donors (Lipinski definition) is 4. The summed E-state index contributed by atoms with van der Waals surface area (Å²) in [5.41, 5.74) is 2.46. The summed E-state index contributed by atoms with van der Waals surface area (Å²) in [4.78, 5) is 28.7. The molecule has 2 saturated heterocycles. The van der Waals surface area contributed by atoms with Gasteiger partial charge in [0.25, 0.3) is 0 Å². The van der Waals surface area contributed by atoms with E-state index in [1.807, 2.05) is 12.3 Å². The molecule has 0 saturated carbocycles. The minimum absolute atomic E-state index is 0.0555. The zero-order chi connectivity index (χ0) is 30.1. The first-order valence-electron chi connectivity index (χ1n) is 13.4. The van der Waals surface area contributed by atoms with Crippen molar-refractivity contribution in [2.45, 2.75) is 18.1 Å². The molecule has 0 spiro atoms. The van der Waals surface area contributed by atoms with E-state index in [1.165, 1.54) is 20.3 Å². The SMILES string of the molecule is C=CC(=O)N[C@H]1CN(c2cn[nH]c2)C[C@H]1Nc1ncc2cc(-c3c(Cl)c(OC)cc(OC)c3Cl)nc(NC3COC3)c2n1. The third-order valence-corrected chi connectivity index (χ3v) is 8.12. The molecule has 2 aliphatic rings. The first-order chi connectivity index (χ1) is 20.9. The number of halogens is 2. The highest BCUT2D eigenvalue weighted by Gasteiger charge is 2.35. The van der Waals surface area contributed by atoms with E-state index in [1.54, 1.807) is 18.5 Å². The Balaban J connectivity index is 1.38. The van der Waals surface area contributed by atoms with E-state index in [4.69, 9.17) is 47.4 Å². The largest absolute Gasteiger partial charge is 0.495 e. The molecule has 5 heterocycles. The molecule has 2 atom stereocenters. The summed E-state index contributed by atoms with van der Waals surface area (Å²) in [6.45, 7) is 5.80. The fourth-order valence-corrected chi connectivity index (χ4v) is 5.79. The van der Waals surface area contributed by atoms with Crippen LogP contribution in [-0.4, -0.2) is 89.7 Å². The summed E-state index contributed by atoms with van der Waals surface area (Å²) in [6.07, 6.45) is 6.51. The van der Waals surface area contributed by atoms with Crippen LogP contribution in [0.15, 0.2) is 43.4 Å². The first-order valence-corrected chi connectivity index (χ1v) is 14.2. The van der Waals surface area contributed by atoms with E-state index in [2.05, 4.69) is 42.6 Å². The third-order valence-electron chi connectivity index (χ3n) is 7.37. The number of nitrogens with one attached hydrogen (secondary N) is 4. The van der Waals surface area contributed by atoms with Crippen LogP contribution in [0.3, 0.4) is 0 Å². The Bertz CT molecular complexity index is 1640. The van der Waals surface area contributed by atoms with Crippen molar-refractivity contribution in [3.05, 3.63) is 53.4 Å². The van der Waals surface area contributed by atoms with Gasteiger partial charge in [-0.25, -0.2) is 15.0 Å². The third kappa shape index (κ3) is 5.70. The minimum Gasteiger partial charge on any atom is -0.495 e. The average molecular weight is 627 g/mol. The molecule has 3 aromatic heterocycles. The van der Waals surface area contributed by atoms with Gasteiger partial charge in [0.2, 0.25) is 11.9 Å². The predicted molar refractivity (Wildman–Crippen MR) is 164 cm³/mol. The van der Waals surface area contributed by atoms with Crippen molar-refractivity contribution in [3.63, 3.8) is 0 Å². The molecule has 0 radical (unpaired) electrons. The lowest BCUT2D eigenvalue weighted by Gasteiger charge is -2.28. The number of anilines is 3. The number of aromatic nitrogens is 5. The number of H-pyrrole nitrogens is 1. The fourth-order valence-electron chi connectivity index (χ4n) is 5.09. The number of benzene rings is 1. The summed E-state index contributed by atoms with van der Waals surface area (Å²) in [5.74, 6) is 1.44. The zero-order valence-corrected chi connectivity index (χ0v) is 24.9. The highest BCUT2D eigenvalue weighted by molar-refractivity contribution is 6.41. The van der Waals surface area contributed by atoms with E-state index in [0.29, 0.717) is 81.8 Å². The number of hydrogen-bond acceptors (Lipinski definition) is 11. The number of pyridine rings is 1. The summed E-state index contributed by atoms with van der Waals surface area (Å²) < 4.78 is 16.3. The van der Waals surface area contributed by atoms with E-state index in [0.717, 1.165) is 5.69 Å². The number of fused-ring (bicyclic) bond motifs is 1. The summed E-state index contributed by atoms with van der Waals surface area (Å²) in [5, 5.41) is 18.0. The highest BCUT2D eigenvalue weighted by Crippen LogP contribution is 2.46. The first kappa shape index (κ1) is 28.8. The molecule has 1 amide bonds. The summed E-state index contributed by atoms with van der Waals surface area (Å²) >= 11 is 13.4. The Morgan fingerprint density at radius 3 is 2.47 bits per heavy atom. The number of carbonyl (C=O) groups is 1. The van der Waals surface area contributed by atoms with Crippen molar-refractivity contribution in [2.75, 3.05) is 56.1 Å². The van der Waals surface area contributed by atoms with E-state index >= 15 is 0 Å². The maximum atomic E-state index is 12.2. The van der Waals surface area contributed by atoms with E-state index < -0.39 is 0 Å². The second-order valence-corrected chi connectivity index (χ2v) is 10.8. The maximum absolute atomic E-state index is 12.2. The van der Waals surface area contributed by atoms with Crippen LogP contribution < -0.4 is 30.3 Å². The number of rotatable bonds is 10. The van der Waals surface area contributed by atoms with Crippen LogP contribution in [0.2, 0.25) is 10.0 Å². The molecule has 224 valence electrons. The number of aromatic amines is 1. The number of nitrogens with zero attached hydrogens (tertiary/aromatic N) is 5. The van der Waals surface area contributed by atoms with Gasteiger partial charge in [0.1, 0.15) is 17.0 Å². The van der Waals surface area contributed by atoms with Gasteiger partial charge >= 0.3 is 0 Å². The van der Waals surface area contributed by atoms with Gasteiger partial charge in [0.05, 0.1) is 73.2 Å². The second-order valence-electron chi connectivity index (χ2n) is 10.1. The Hall–Kier alpha value is -4.33. The molecule has 0 aliphatic carbocycles. The van der Waals surface area contributed by atoms with Crippen molar-refractivity contribution in [3.8, 4) is 22.8 Å².